The second kappa shape index (κ2) is 6.61. The van der Waals surface area contributed by atoms with Crippen LogP contribution in [0.3, 0.4) is 0 Å². The van der Waals surface area contributed by atoms with E-state index in [0.717, 1.165) is 54.3 Å². The molecular formula is C18H18ClN5. The lowest BCUT2D eigenvalue weighted by molar-refractivity contribution is 0.786. The van der Waals surface area contributed by atoms with Crippen LogP contribution < -0.4 is 9.80 Å². The molecule has 0 atom stereocenters. The fourth-order valence-electron chi connectivity index (χ4n) is 3.23. The topological polar surface area (TPSA) is 45.2 Å². The molecule has 1 aromatic carbocycles. The average molecular weight is 340 g/mol. The molecule has 3 aromatic rings. The number of rotatable bonds is 2. The molecule has 0 spiro atoms. The van der Waals surface area contributed by atoms with Gasteiger partial charge in [-0.15, -0.1) is 5.10 Å². The van der Waals surface area contributed by atoms with Crippen LogP contribution >= 0.6 is 11.6 Å². The Kier molecular flexibility index (Phi) is 4.17. The van der Waals surface area contributed by atoms with E-state index >= 15 is 0 Å². The van der Waals surface area contributed by atoms with Gasteiger partial charge in [0.25, 0.3) is 0 Å². The number of anilines is 2. The minimum absolute atomic E-state index is 0.743. The molecule has 0 bridgehead atoms. The van der Waals surface area contributed by atoms with Crippen LogP contribution in [0.4, 0.5) is 11.5 Å². The van der Waals surface area contributed by atoms with Crippen molar-refractivity contribution in [1.82, 2.24) is 15.2 Å². The zero-order valence-corrected chi connectivity index (χ0v) is 14.0. The zero-order valence-electron chi connectivity index (χ0n) is 13.3. The van der Waals surface area contributed by atoms with Gasteiger partial charge in [-0.05, 0) is 42.8 Å². The summed E-state index contributed by atoms with van der Waals surface area (Å²) in [4.78, 5) is 9.16. The van der Waals surface area contributed by atoms with Crippen molar-refractivity contribution in [3.63, 3.8) is 0 Å². The number of aromatic nitrogens is 3. The summed E-state index contributed by atoms with van der Waals surface area (Å²) in [6.07, 6.45) is 4.65. The van der Waals surface area contributed by atoms with Crippen LogP contribution in [0.15, 0.2) is 48.8 Å². The number of benzene rings is 1. The number of hydrogen-bond acceptors (Lipinski definition) is 5. The lowest BCUT2D eigenvalue weighted by Crippen LogP contribution is -2.31. The van der Waals surface area contributed by atoms with E-state index in [-0.39, 0.29) is 0 Å². The predicted octanol–water partition coefficient (Wildman–Crippen LogP) is 3.39. The highest BCUT2D eigenvalue weighted by molar-refractivity contribution is 6.31. The minimum Gasteiger partial charge on any atom is -0.369 e. The summed E-state index contributed by atoms with van der Waals surface area (Å²) in [7, 11) is 0. The van der Waals surface area contributed by atoms with Crippen molar-refractivity contribution in [2.24, 2.45) is 0 Å². The molecule has 24 heavy (non-hydrogen) atoms. The monoisotopic (exact) mass is 339 g/mol. The highest BCUT2D eigenvalue weighted by Gasteiger charge is 2.18. The maximum atomic E-state index is 6.20. The Morgan fingerprint density at radius 2 is 1.79 bits per heavy atom. The Morgan fingerprint density at radius 3 is 2.67 bits per heavy atom. The highest BCUT2D eigenvalue weighted by atomic mass is 35.5. The molecule has 5 nitrogen and oxygen atoms in total. The summed E-state index contributed by atoms with van der Waals surface area (Å²) in [5, 5.41) is 10.1. The van der Waals surface area contributed by atoms with Gasteiger partial charge in [-0.1, -0.05) is 11.6 Å². The number of pyridine rings is 1. The largest absolute Gasteiger partial charge is 0.369 e. The first-order valence-corrected chi connectivity index (χ1v) is 8.51. The quantitative estimate of drug-likeness (QED) is 0.716. The molecular weight excluding hydrogens is 322 g/mol. The molecule has 0 unspecified atom stereocenters. The Morgan fingerprint density at radius 1 is 0.917 bits per heavy atom. The summed E-state index contributed by atoms with van der Waals surface area (Å²) in [6.45, 7) is 3.84. The molecule has 0 aliphatic carbocycles. The van der Waals surface area contributed by atoms with Crippen molar-refractivity contribution in [3.05, 3.63) is 53.8 Å². The second-order valence-electron chi connectivity index (χ2n) is 5.90. The lowest BCUT2D eigenvalue weighted by atomic mass is 10.1. The van der Waals surface area contributed by atoms with E-state index < -0.39 is 0 Å². The van der Waals surface area contributed by atoms with Crippen molar-refractivity contribution < 1.29 is 0 Å². The highest BCUT2D eigenvalue weighted by Crippen LogP contribution is 2.29. The lowest BCUT2D eigenvalue weighted by Gasteiger charge is -2.25. The van der Waals surface area contributed by atoms with E-state index in [9.17, 15) is 0 Å². The maximum absolute atomic E-state index is 6.20. The molecule has 0 saturated carbocycles. The summed E-state index contributed by atoms with van der Waals surface area (Å²) >= 11 is 6.20. The Balaban J connectivity index is 1.61. The number of halogens is 1. The average Bonchev–Trinajstić information content (AvgIpc) is 2.88. The fourth-order valence-corrected chi connectivity index (χ4v) is 3.40. The predicted molar refractivity (Wildman–Crippen MR) is 97.8 cm³/mol. The molecule has 4 rings (SSSR count). The van der Waals surface area contributed by atoms with Crippen molar-refractivity contribution in [2.75, 3.05) is 36.0 Å². The molecule has 0 N–H and O–H groups in total. The summed E-state index contributed by atoms with van der Waals surface area (Å²) in [6, 6.07) is 11.9. The van der Waals surface area contributed by atoms with Gasteiger partial charge >= 0.3 is 0 Å². The van der Waals surface area contributed by atoms with Crippen molar-refractivity contribution in [2.45, 2.75) is 6.42 Å². The molecule has 0 amide bonds. The number of fused-ring (bicyclic) bond motifs is 1. The van der Waals surface area contributed by atoms with Gasteiger partial charge < -0.3 is 9.80 Å². The zero-order chi connectivity index (χ0) is 16.4. The standard InChI is InChI=1S/C18H18ClN5/c19-14-4-5-16-15(13-14)17(6-8-20-16)23-9-2-10-24(12-11-23)18-3-1-7-21-22-18/h1,3-8,13H,2,9-12H2. The molecule has 1 saturated heterocycles. The summed E-state index contributed by atoms with van der Waals surface area (Å²) < 4.78 is 0. The maximum Gasteiger partial charge on any atom is 0.151 e. The first-order chi connectivity index (χ1) is 11.8. The fraction of sp³-hybridized carbons (Fsp3) is 0.278. The first-order valence-electron chi connectivity index (χ1n) is 8.13. The molecule has 1 fully saturated rings. The molecule has 2 aromatic heterocycles. The number of hydrogen-bond donors (Lipinski definition) is 0. The van der Waals surface area contributed by atoms with Crippen LogP contribution in [0.1, 0.15) is 6.42 Å². The minimum atomic E-state index is 0.743. The van der Waals surface area contributed by atoms with Gasteiger partial charge in [-0.3, -0.25) is 4.98 Å². The van der Waals surface area contributed by atoms with Gasteiger partial charge in [0.2, 0.25) is 0 Å². The molecule has 1 aliphatic rings. The Hall–Kier alpha value is -2.40. The van der Waals surface area contributed by atoms with Crippen molar-refractivity contribution >= 4 is 34.0 Å². The third-order valence-corrected chi connectivity index (χ3v) is 4.63. The third kappa shape index (κ3) is 2.99. The van der Waals surface area contributed by atoms with E-state index in [0.29, 0.717) is 0 Å². The van der Waals surface area contributed by atoms with E-state index in [2.05, 4.69) is 31.0 Å². The van der Waals surface area contributed by atoms with Gasteiger partial charge in [0, 0.05) is 54.7 Å². The molecule has 6 heteroatoms. The van der Waals surface area contributed by atoms with E-state index in [1.54, 1.807) is 6.20 Å². The van der Waals surface area contributed by atoms with Gasteiger partial charge in [0.05, 0.1) is 5.52 Å². The van der Waals surface area contributed by atoms with Crippen LogP contribution in [0.5, 0.6) is 0 Å². The van der Waals surface area contributed by atoms with Crippen molar-refractivity contribution in [3.8, 4) is 0 Å². The smallest absolute Gasteiger partial charge is 0.151 e. The van der Waals surface area contributed by atoms with Gasteiger partial charge in [-0.2, -0.15) is 5.10 Å². The number of nitrogens with zero attached hydrogens (tertiary/aromatic N) is 5. The van der Waals surface area contributed by atoms with Crippen molar-refractivity contribution in [1.29, 1.82) is 0 Å². The summed E-state index contributed by atoms with van der Waals surface area (Å²) in [5.74, 6) is 0.946. The molecule has 122 valence electrons. The van der Waals surface area contributed by atoms with E-state index in [1.165, 1.54) is 5.69 Å². The summed E-state index contributed by atoms with van der Waals surface area (Å²) in [5.41, 5.74) is 2.18. The Bertz CT molecular complexity index is 839. The third-order valence-electron chi connectivity index (χ3n) is 4.40. The van der Waals surface area contributed by atoms with Gasteiger partial charge in [0.15, 0.2) is 5.82 Å². The van der Waals surface area contributed by atoms with E-state index in [1.807, 2.05) is 36.5 Å². The SMILES string of the molecule is Clc1ccc2nccc(N3CCCN(c4cccnn4)CC3)c2c1. The van der Waals surface area contributed by atoms with Crippen LogP contribution in [0.2, 0.25) is 5.02 Å². The first kappa shape index (κ1) is 15.1. The van der Waals surface area contributed by atoms with Gasteiger partial charge in [-0.25, -0.2) is 0 Å². The van der Waals surface area contributed by atoms with Crippen LogP contribution in [-0.4, -0.2) is 41.4 Å². The molecule has 1 aliphatic heterocycles. The van der Waals surface area contributed by atoms with Crippen LogP contribution in [-0.2, 0) is 0 Å². The normalized spacial score (nSPS) is 15.5. The van der Waals surface area contributed by atoms with Crippen LogP contribution in [0, 0.1) is 0 Å². The molecule has 0 radical (unpaired) electrons. The second-order valence-corrected chi connectivity index (χ2v) is 6.34. The Labute approximate surface area is 145 Å². The van der Waals surface area contributed by atoms with Crippen LogP contribution in [0.25, 0.3) is 10.9 Å². The van der Waals surface area contributed by atoms with E-state index in [4.69, 9.17) is 11.6 Å². The molecule has 3 heterocycles. The van der Waals surface area contributed by atoms with Gasteiger partial charge in [0.1, 0.15) is 0 Å².